The van der Waals surface area contributed by atoms with Gasteiger partial charge in [0.05, 0.1) is 11.6 Å². The predicted molar refractivity (Wildman–Crippen MR) is 97.3 cm³/mol. The zero-order chi connectivity index (χ0) is 17.1. The third kappa shape index (κ3) is 3.92. The molecule has 0 radical (unpaired) electrons. The Labute approximate surface area is 146 Å². The van der Waals surface area contributed by atoms with E-state index in [9.17, 15) is 0 Å². The average molecular weight is 346 g/mol. The van der Waals surface area contributed by atoms with Crippen LogP contribution < -0.4 is 20.5 Å². The third-order valence-corrected chi connectivity index (χ3v) is 3.86. The lowest BCUT2D eigenvalue weighted by molar-refractivity contribution is 0.171. The van der Waals surface area contributed by atoms with Crippen molar-refractivity contribution in [2.75, 3.05) is 18.5 Å². The molecule has 6 heteroatoms. The molecule has 0 saturated carbocycles. The number of fused-ring (bicyclic) bond motifs is 1. The Bertz CT molecular complexity index is 770. The van der Waals surface area contributed by atoms with Crippen molar-refractivity contribution in [3.8, 4) is 11.5 Å². The van der Waals surface area contributed by atoms with Crippen LogP contribution in [0.25, 0.3) is 0 Å². The molecule has 0 spiro atoms. The van der Waals surface area contributed by atoms with Crippen LogP contribution in [-0.2, 0) is 6.54 Å². The van der Waals surface area contributed by atoms with E-state index in [4.69, 9.17) is 26.8 Å². The number of hydrogen-bond acceptors (Lipinski definition) is 3. The minimum Gasteiger partial charge on any atom is -0.486 e. The topological polar surface area (TPSA) is 68.9 Å². The molecule has 0 amide bonds. The van der Waals surface area contributed by atoms with Crippen LogP contribution in [0.5, 0.6) is 11.5 Å². The fourth-order valence-electron chi connectivity index (χ4n) is 2.67. The predicted octanol–water partition coefficient (Wildman–Crippen LogP) is 3.65. The lowest BCUT2D eigenvalue weighted by Gasteiger charge is -2.20. The van der Waals surface area contributed by atoms with Crippen LogP contribution in [0.2, 0.25) is 5.02 Å². The number of nitrogens with two attached hydrogens (primary N) is 1. The maximum absolute atomic E-state index is 6.23. The summed E-state index contributed by atoms with van der Waals surface area (Å²) in [5.41, 5.74) is 10.2. The number of nitrogens with zero attached hydrogens (tertiary/aromatic N) is 1. The number of nitrogens with one attached hydrogen (secondary N) is 1. The molecule has 0 fully saturated rings. The average Bonchev–Trinajstić information content (AvgIpc) is 2.52. The van der Waals surface area contributed by atoms with E-state index < -0.39 is 0 Å². The summed E-state index contributed by atoms with van der Waals surface area (Å²) in [7, 11) is 0. The number of aryl methyl sites for hydroxylation is 2. The Morgan fingerprint density at radius 2 is 1.83 bits per heavy atom. The lowest BCUT2D eigenvalue weighted by atomic mass is 10.1. The molecule has 126 valence electrons. The van der Waals surface area contributed by atoms with E-state index in [2.05, 4.69) is 16.4 Å². The van der Waals surface area contributed by atoms with E-state index in [-0.39, 0.29) is 0 Å². The molecular weight excluding hydrogens is 326 g/mol. The van der Waals surface area contributed by atoms with E-state index in [0.29, 0.717) is 42.2 Å². The summed E-state index contributed by atoms with van der Waals surface area (Å²) in [6, 6.07) is 9.86. The van der Waals surface area contributed by atoms with Gasteiger partial charge in [-0.1, -0.05) is 17.7 Å². The molecule has 24 heavy (non-hydrogen) atoms. The van der Waals surface area contributed by atoms with Gasteiger partial charge in [0.25, 0.3) is 0 Å². The lowest BCUT2D eigenvalue weighted by Crippen LogP contribution is -2.22. The maximum atomic E-state index is 6.23. The molecular formula is C18H20ClN3O2. The van der Waals surface area contributed by atoms with E-state index in [1.54, 1.807) is 0 Å². The van der Waals surface area contributed by atoms with Gasteiger partial charge in [0.2, 0.25) is 0 Å². The first-order valence-electron chi connectivity index (χ1n) is 7.74. The van der Waals surface area contributed by atoms with E-state index in [1.165, 1.54) is 11.1 Å². The second-order valence-corrected chi connectivity index (χ2v) is 6.21. The molecule has 0 aromatic heterocycles. The van der Waals surface area contributed by atoms with Gasteiger partial charge in [-0.3, -0.25) is 0 Å². The Hall–Kier alpha value is -2.40. The van der Waals surface area contributed by atoms with Crippen LogP contribution in [-0.4, -0.2) is 19.2 Å². The Morgan fingerprint density at radius 3 is 2.58 bits per heavy atom. The second kappa shape index (κ2) is 7.01. The minimum atomic E-state index is 0.353. The van der Waals surface area contributed by atoms with Gasteiger partial charge < -0.3 is 20.5 Å². The first-order valence-corrected chi connectivity index (χ1v) is 8.12. The highest BCUT2D eigenvalue weighted by Gasteiger charge is 2.16. The van der Waals surface area contributed by atoms with Crippen molar-refractivity contribution in [1.82, 2.24) is 0 Å². The van der Waals surface area contributed by atoms with Crippen molar-refractivity contribution in [3.63, 3.8) is 0 Å². The van der Waals surface area contributed by atoms with Gasteiger partial charge in [-0.05, 0) is 54.8 Å². The van der Waals surface area contributed by atoms with Crippen LogP contribution in [0.4, 0.5) is 5.69 Å². The second-order valence-electron chi connectivity index (χ2n) is 5.80. The van der Waals surface area contributed by atoms with Crippen molar-refractivity contribution < 1.29 is 9.47 Å². The SMILES string of the molecule is Cc1cc(C)cc(NC(N)=NCc2cc(Cl)c3c(c2)OCCO3)c1. The zero-order valence-corrected chi connectivity index (χ0v) is 14.5. The van der Waals surface area contributed by atoms with Crippen LogP contribution in [0.15, 0.2) is 35.3 Å². The van der Waals surface area contributed by atoms with Gasteiger partial charge in [0, 0.05) is 5.69 Å². The number of benzene rings is 2. The molecule has 1 aliphatic heterocycles. The molecule has 2 aromatic carbocycles. The number of halogens is 1. The number of guanidine groups is 1. The van der Waals surface area contributed by atoms with E-state index >= 15 is 0 Å². The first kappa shape index (κ1) is 16.5. The summed E-state index contributed by atoms with van der Waals surface area (Å²) in [5.74, 6) is 1.60. The molecule has 5 nitrogen and oxygen atoms in total. The van der Waals surface area contributed by atoms with Crippen LogP contribution in [0.1, 0.15) is 16.7 Å². The molecule has 0 saturated heterocycles. The highest BCUT2D eigenvalue weighted by molar-refractivity contribution is 6.32. The van der Waals surface area contributed by atoms with Gasteiger partial charge in [0.15, 0.2) is 17.5 Å². The Balaban J connectivity index is 1.72. The summed E-state index contributed by atoms with van der Waals surface area (Å²) >= 11 is 6.23. The Kier molecular flexibility index (Phi) is 4.81. The summed E-state index contributed by atoms with van der Waals surface area (Å²) in [6.45, 7) is 5.52. The smallest absolute Gasteiger partial charge is 0.193 e. The molecule has 1 aliphatic rings. The molecule has 0 unspecified atom stereocenters. The fourth-order valence-corrected chi connectivity index (χ4v) is 2.95. The van der Waals surface area contributed by atoms with Gasteiger partial charge in [-0.25, -0.2) is 4.99 Å². The Morgan fingerprint density at radius 1 is 1.12 bits per heavy atom. The van der Waals surface area contributed by atoms with Crippen molar-refractivity contribution in [2.24, 2.45) is 10.7 Å². The van der Waals surface area contributed by atoms with Crippen molar-refractivity contribution >= 4 is 23.2 Å². The zero-order valence-electron chi connectivity index (χ0n) is 13.7. The highest BCUT2D eigenvalue weighted by atomic mass is 35.5. The third-order valence-electron chi connectivity index (χ3n) is 3.58. The van der Waals surface area contributed by atoms with Gasteiger partial charge in [-0.2, -0.15) is 0 Å². The van der Waals surface area contributed by atoms with Crippen molar-refractivity contribution in [1.29, 1.82) is 0 Å². The summed E-state index contributed by atoms with van der Waals surface area (Å²) in [5, 5.41) is 3.64. The summed E-state index contributed by atoms with van der Waals surface area (Å²) in [4.78, 5) is 4.37. The van der Waals surface area contributed by atoms with E-state index in [1.807, 2.05) is 38.1 Å². The summed E-state index contributed by atoms with van der Waals surface area (Å²) in [6.07, 6.45) is 0. The van der Waals surface area contributed by atoms with Crippen LogP contribution in [0.3, 0.4) is 0 Å². The monoisotopic (exact) mass is 345 g/mol. The summed E-state index contributed by atoms with van der Waals surface area (Å²) < 4.78 is 11.1. The molecule has 2 aromatic rings. The largest absolute Gasteiger partial charge is 0.486 e. The molecule has 0 atom stereocenters. The highest BCUT2D eigenvalue weighted by Crippen LogP contribution is 2.38. The molecule has 3 N–H and O–H groups in total. The normalized spacial score (nSPS) is 13.7. The number of aliphatic imine (C=N–C) groups is 1. The molecule has 0 bridgehead atoms. The van der Waals surface area contributed by atoms with Gasteiger partial charge in [0.1, 0.15) is 13.2 Å². The fraction of sp³-hybridized carbons (Fsp3) is 0.278. The van der Waals surface area contributed by atoms with Gasteiger partial charge in [-0.15, -0.1) is 0 Å². The van der Waals surface area contributed by atoms with Crippen LogP contribution >= 0.6 is 11.6 Å². The molecule has 0 aliphatic carbocycles. The number of hydrogen-bond donors (Lipinski definition) is 2. The number of ether oxygens (including phenoxy) is 2. The van der Waals surface area contributed by atoms with Crippen molar-refractivity contribution in [3.05, 3.63) is 52.0 Å². The maximum Gasteiger partial charge on any atom is 0.193 e. The number of rotatable bonds is 3. The van der Waals surface area contributed by atoms with Crippen molar-refractivity contribution in [2.45, 2.75) is 20.4 Å². The molecule has 1 heterocycles. The van der Waals surface area contributed by atoms with Crippen LogP contribution in [0, 0.1) is 13.8 Å². The van der Waals surface area contributed by atoms with Gasteiger partial charge >= 0.3 is 0 Å². The number of anilines is 1. The molecule has 3 rings (SSSR count). The minimum absolute atomic E-state index is 0.353. The first-order chi connectivity index (χ1) is 11.5. The quantitative estimate of drug-likeness (QED) is 0.658. The standard InChI is InChI=1S/C18H20ClN3O2/c1-11-5-12(2)7-14(6-11)22-18(20)21-10-13-8-15(19)17-16(9-13)23-3-4-24-17/h5-9H,3-4,10H2,1-2H3,(H3,20,21,22). The van der Waals surface area contributed by atoms with E-state index in [0.717, 1.165) is 11.3 Å².